The Morgan fingerprint density at radius 2 is 2.19 bits per heavy atom. The Hall–Kier alpha value is -1.35. The average molecular weight is 238 g/mol. The molecule has 3 rings (SSSR count). The van der Waals surface area contributed by atoms with Crippen molar-refractivity contribution in [1.29, 1.82) is 0 Å². The molecule has 0 radical (unpaired) electrons. The summed E-state index contributed by atoms with van der Waals surface area (Å²) in [5.41, 5.74) is 2.33. The normalized spacial score (nSPS) is 13.7. The molecule has 1 aromatic carbocycles. The zero-order valence-electron chi connectivity index (χ0n) is 8.68. The molecule has 0 spiro atoms. The maximum absolute atomic E-state index is 13.6. The molecule has 0 aliphatic carbocycles. The molecule has 0 amide bonds. The number of halogens is 2. The van der Waals surface area contributed by atoms with Crippen molar-refractivity contribution in [2.75, 3.05) is 0 Å². The lowest BCUT2D eigenvalue weighted by atomic mass is 10.1. The van der Waals surface area contributed by atoms with E-state index < -0.39 is 5.82 Å². The number of benzene rings is 1. The SMILES string of the molecule is Cc1cc(=O)n2c3c(c(Cl)c(F)cc13)CC2. The van der Waals surface area contributed by atoms with Crippen LogP contribution in [-0.2, 0) is 13.0 Å². The zero-order chi connectivity index (χ0) is 11.4. The van der Waals surface area contributed by atoms with Crippen LogP contribution in [0, 0.1) is 12.7 Å². The van der Waals surface area contributed by atoms with Crippen LogP contribution in [-0.4, -0.2) is 4.57 Å². The first-order valence-electron chi connectivity index (χ1n) is 5.10. The predicted octanol–water partition coefficient (Wildman–Crippen LogP) is 2.66. The van der Waals surface area contributed by atoms with Gasteiger partial charge >= 0.3 is 0 Å². The van der Waals surface area contributed by atoms with Crippen molar-refractivity contribution in [3.05, 3.63) is 44.5 Å². The molecule has 2 nitrogen and oxygen atoms in total. The lowest BCUT2D eigenvalue weighted by Gasteiger charge is -2.08. The van der Waals surface area contributed by atoms with Gasteiger partial charge in [-0.3, -0.25) is 4.79 Å². The van der Waals surface area contributed by atoms with E-state index in [2.05, 4.69) is 0 Å². The minimum absolute atomic E-state index is 0.0357. The minimum atomic E-state index is -0.403. The summed E-state index contributed by atoms with van der Waals surface area (Å²) in [5.74, 6) is -0.403. The molecular weight excluding hydrogens is 229 g/mol. The fraction of sp³-hybridized carbons (Fsp3) is 0.250. The summed E-state index contributed by atoms with van der Waals surface area (Å²) < 4.78 is 15.3. The summed E-state index contributed by atoms with van der Waals surface area (Å²) in [7, 11) is 0. The monoisotopic (exact) mass is 237 g/mol. The van der Waals surface area contributed by atoms with Crippen molar-refractivity contribution in [2.45, 2.75) is 19.9 Å². The Balaban J connectivity index is 2.64. The molecule has 82 valence electrons. The fourth-order valence-corrected chi connectivity index (χ4v) is 2.64. The van der Waals surface area contributed by atoms with E-state index in [1.54, 1.807) is 10.6 Å². The molecule has 0 N–H and O–H groups in total. The molecule has 0 atom stereocenters. The summed E-state index contributed by atoms with van der Waals surface area (Å²) in [6.07, 6.45) is 0.631. The number of pyridine rings is 1. The number of rotatable bonds is 0. The lowest BCUT2D eigenvalue weighted by molar-refractivity contribution is 0.628. The van der Waals surface area contributed by atoms with Gasteiger partial charge in [0.15, 0.2) is 0 Å². The molecule has 1 aliphatic rings. The highest BCUT2D eigenvalue weighted by atomic mass is 35.5. The highest BCUT2D eigenvalue weighted by Gasteiger charge is 2.21. The standard InChI is InChI=1S/C12H9ClFNO/c1-6-4-10(16)15-3-2-7-11(13)9(14)5-8(6)12(7)15/h4-5H,2-3H2,1H3. The van der Waals surface area contributed by atoms with Gasteiger partial charge in [-0.05, 0) is 30.5 Å². The highest BCUT2D eigenvalue weighted by molar-refractivity contribution is 6.32. The summed E-state index contributed by atoms with van der Waals surface area (Å²) in [5, 5.41) is 0.942. The van der Waals surface area contributed by atoms with E-state index >= 15 is 0 Å². The average Bonchev–Trinajstić information content (AvgIpc) is 2.66. The Bertz CT molecular complexity index is 675. The van der Waals surface area contributed by atoms with Crippen molar-refractivity contribution < 1.29 is 4.39 Å². The second-order valence-electron chi connectivity index (χ2n) is 4.11. The first-order chi connectivity index (χ1) is 7.59. The second-order valence-corrected chi connectivity index (χ2v) is 4.49. The fourth-order valence-electron chi connectivity index (χ4n) is 2.40. The van der Waals surface area contributed by atoms with Gasteiger partial charge in [0.1, 0.15) is 5.82 Å². The van der Waals surface area contributed by atoms with E-state index in [-0.39, 0.29) is 10.6 Å². The summed E-state index contributed by atoms with van der Waals surface area (Å²) in [6.45, 7) is 2.41. The zero-order valence-corrected chi connectivity index (χ0v) is 9.44. The van der Waals surface area contributed by atoms with Gasteiger partial charge in [-0.25, -0.2) is 4.39 Å². The largest absolute Gasteiger partial charge is 0.308 e. The quantitative estimate of drug-likeness (QED) is 0.691. The Morgan fingerprint density at radius 1 is 1.44 bits per heavy atom. The number of aryl methyl sites for hydroxylation is 3. The van der Waals surface area contributed by atoms with Crippen LogP contribution in [0.15, 0.2) is 16.9 Å². The van der Waals surface area contributed by atoms with Crippen molar-refractivity contribution in [3.8, 4) is 0 Å². The van der Waals surface area contributed by atoms with E-state index in [4.69, 9.17) is 11.6 Å². The first-order valence-corrected chi connectivity index (χ1v) is 5.48. The van der Waals surface area contributed by atoms with Crippen LogP contribution in [0.5, 0.6) is 0 Å². The van der Waals surface area contributed by atoms with Gasteiger partial charge in [-0.2, -0.15) is 0 Å². The third kappa shape index (κ3) is 1.09. The van der Waals surface area contributed by atoms with Gasteiger partial charge in [0.2, 0.25) is 0 Å². The van der Waals surface area contributed by atoms with Crippen LogP contribution in [0.3, 0.4) is 0 Å². The first kappa shape index (κ1) is 9.85. The summed E-state index contributed by atoms with van der Waals surface area (Å²) in [4.78, 5) is 11.7. The van der Waals surface area contributed by atoms with Crippen LogP contribution >= 0.6 is 11.6 Å². The number of aromatic nitrogens is 1. The molecular formula is C12H9ClFNO. The van der Waals surface area contributed by atoms with Crippen LogP contribution in [0.1, 0.15) is 11.1 Å². The molecule has 1 aliphatic heterocycles. The summed E-state index contributed by atoms with van der Waals surface area (Å²) >= 11 is 5.92. The van der Waals surface area contributed by atoms with Crippen LogP contribution < -0.4 is 5.56 Å². The lowest BCUT2D eigenvalue weighted by Crippen LogP contribution is -2.17. The molecule has 0 saturated heterocycles. The van der Waals surface area contributed by atoms with Crippen molar-refractivity contribution in [2.24, 2.45) is 0 Å². The summed E-state index contributed by atoms with van der Waals surface area (Å²) in [6, 6.07) is 2.96. The number of hydrogen-bond donors (Lipinski definition) is 0. The van der Waals surface area contributed by atoms with Gasteiger partial charge in [0, 0.05) is 18.0 Å². The second kappa shape index (κ2) is 3.08. The van der Waals surface area contributed by atoms with Gasteiger partial charge < -0.3 is 4.57 Å². The topological polar surface area (TPSA) is 22.0 Å². The van der Waals surface area contributed by atoms with Gasteiger partial charge in [-0.15, -0.1) is 0 Å². The molecule has 2 aromatic rings. The van der Waals surface area contributed by atoms with Crippen molar-refractivity contribution in [1.82, 2.24) is 4.57 Å². The molecule has 0 unspecified atom stereocenters. The third-order valence-electron chi connectivity index (χ3n) is 3.17. The van der Waals surface area contributed by atoms with E-state index in [9.17, 15) is 9.18 Å². The highest BCUT2D eigenvalue weighted by Crippen LogP contribution is 2.33. The maximum Gasteiger partial charge on any atom is 0.251 e. The number of nitrogens with zero attached hydrogens (tertiary/aromatic N) is 1. The predicted molar refractivity (Wildman–Crippen MR) is 61.6 cm³/mol. The third-order valence-corrected chi connectivity index (χ3v) is 3.58. The number of hydrogen-bond acceptors (Lipinski definition) is 1. The van der Waals surface area contributed by atoms with Gasteiger partial charge in [0.25, 0.3) is 5.56 Å². The minimum Gasteiger partial charge on any atom is -0.308 e. The molecule has 4 heteroatoms. The van der Waals surface area contributed by atoms with Crippen molar-refractivity contribution >= 4 is 22.5 Å². The van der Waals surface area contributed by atoms with Gasteiger partial charge in [-0.1, -0.05) is 11.6 Å². The molecule has 0 bridgehead atoms. The Kier molecular flexibility index (Phi) is 1.89. The Labute approximate surface area is 96.3 Å². The van der Waals surface area contributed by atoms with Crippen molar-refractivity contribution in [3.63, 3.8) is 0 Å². The van der Waals surface area contributed by atoms with Crippen LogP contribution in [0.25, 0.3) is 10.9 Å². The van der Waals surface area contributed by atoms with E-state index in [1.807, 2.05) is 6.92 Å². The molecule has 2 heterocycles. The van der Waals surface area contributed by atoms with E-state index in [0.717, 1.165) is 22.0 Å². The molecule has 0 saturated carbocycles. The van der Waals surface area contributed by atoms with E-state index in [1.165, 1.54) is 6.07 Å². The van der Waals surface area contributed by atoms with Crippen LogP contribution in [0.2, 0.25) is 5.02 Å². The Morgan fingerprint density at radius 3 is 2.94 bits per heavy atom. The smallest absolute Gasteiger partial charge is 0.251 e. The van der Waals surface area contributed by atoms with Gasteiger partial charge in [0.05, 0.1) is 10.5 Å². The van der Waals surface area contributed by atoms with E-state index in [0.29, 0.717) is 13.0 Å². The molecule has 1 aromatic heterocycles. The van der Waals surface area contributed by atoms with Crippen LogP contribution in [0.4, 0.5) is 4.39 Å². The maximum atomic E-state index is 13.6. The molecule has 0 fully saturated rings. The molecule has 16 heavy (non-hydrogen) atoms.